The number of alkyl halides is 3. The third-order valence-electron chi connectivity index (χ3n) is 3.16. The van der Waals surface area contributed by atoms with Crippen molar-refractivity contribution in [2.75, 3.05) is 11.9 Å². The Bertz CT molecular complexity index is 737. The number of halogens is 3. The van der Waals surface area contributed by atoms with Crippen molar-refractivity contribution in [3.63, 3.8) is 0 Å². The van der Waals surface area contributed by atoms with Gasteiger partial charge in [0.2, 0.25) is 5.56 Å². The molecule has 20 heavy (non-hydrogen) atoms. The molecule has 1 atom stereocenters. The van der Waals surface area contributed by atoms with Gasteiger partial charge in [0.05, 0.1) is 23.3 Å². The lowest BCUT2D eigenvalue weighted by Crippen LogP contribution is -2.27. The number of benzene rings is 1. The summed E-state index contributed by atoms with van der Waals surface area (Å²) in [5, 5.41) is 2.98. The Balaban J connectivity index is 2.31. The van der Waals surface area contributed by atoms with E-state index in [4.69, 9.17) is 4.74 Å². The SMILES string of the molecule is CC1CNc2cc3[nH]c(=O)cc(C(F)(F)F)c3cc2O1. The minimum atomic E-state index is -4.59. The monoisotopic (exact) mass is 284 g/mol. The molecule has 7 heteroatoms. The van der Waals surface area contributed by atoms with Crippen LogP contribution in [0, 0.1) is 0 Å². The first kappa shape index (κ1) is 12.8. The Labute approximate surface area is 111 Å². The lowest BCUT2D eigenvalue weighted by atomic mass is 10.1. The second kappa shape index (κ2) is 4.16. The van der Waals surface area contributed by atoms with Crippen molar-refractivity contribution in [2.45, 2.75) is 19.2 Å². The maximum absolute atomic E-state index is 13.0. The molecule has 0 radical (unpaired) electrons. The number of hydrogen-bond acceptors (Lipinski definition) is 3. The predicted molar refractivity (Wildman–Crippen MR) is 68.2 cm³/mol. The Hall–Kier alpha value is -2.18. The maximum atomic E-state index is 13.0. The highest BCUT2D eigenvalue weighted by molar-refractivity contribution is 5.88. The van der Waals surface area contributed by atoms with E-state index in [2.05, 4.69) is 10.3 Å². The highest BCUT2D eigenvalue weighted by atomic mass is 19.4. The number of H-pyrrole nitrogens is 1. The number of pyridine rings is 1. The minimum absolute atomic E-state index is 0.0771. The van der Waals surface area contributed by atoms with Crippen molar-refractivity contribution in [3.05, 3.63) is 34.1 Å². The summed E-state index contributed by atoms with van der Waals surface area (Å²) in [4.78, 5) is 13.8. The van der Waals surface area contributed by atoms with Crippen molar-refractivity contribution in [2.24, 2.45) is 0 Å². The molecule has 106 valence electrons. The number of aromatic nitrogens is 1. The number of anilines is 1. The average molecular weight is 284 g/mol. The third kappa shape index (κ3) is 2.09. The van der Waals surface area contributed by atoms with E-state index in [0.29, 0.717) is 24.0 Å². The fourth-order valence-electron chi connectivity index (χ4n) is 2.27. The lowest BCUT2D eigenvalue weighted by Gasteiger charge is -2.25. The Morgan fingerprint density at radius 3 is 2.75 bits per heavy atom. The van der Waals surface area contributed by atoms with Crippen molar-refractivity contribution < 1.29 is 17.9 Å². The Morgan fingerprint density at radius 1 is 1.30 bits per heavy atom. The van der Waals surface area contributed by atoms with Crippen LogP contribution in [0.4, 0.5) is 18.9 Å². The van der Waals surface area contributed by atoms with Crippen LogP contribution in [0.5, 0.6) is 5.75 Å². The molecule has 1 aromatic carbocycles. The molecule has 0 aliphatic carbocycles. The molecule has 0 fully saturated rings. The smallest absolute Gasteiger partial charge is 0.417 e. The molecule has 3 rings (SSSR count). The van der Waals surface area contributed by atoms with E-state index in [1.165, 1.54) is 12.1 Å². The van der Waals surface area contributed by atoms with E-state index in [9.17, 15) is 18.0 Å². The van der Waals surface area contributed by atoms with Gasteiger partial charge in [-0.2, -0.15) is 13.2 Å². The van der Waals surface area contributed by atoms with Crippen molar-refractivity contribution >= 4 is 16.6 Å². The number of hydrogen-bond donors (Lipinski definition) is 2. The van der Waals surface area contributed by atoms with Crippen LogP contribution in [0.3, 0.4) is 0 Å². The molecule has 0 spiro atoms. The highest BCUT2D eigenvalue weighted by Crippen LogP contribution is 2.38. The Morgan fingerprint density at radius 2 is 2.05 bits per heavy atom. The molecule has 2 heterocycles. The van der Waals surface area contributed by atoms with Gasteiger partial charge in [0.15, 0.2) is 0 Å². The van der Waals surface area contributed by atoms with Crippen LogP contribution in [-0.2, 0) is 6.18 Å². The van der Waals surface area contributed by atoms with Crippen LogP contribution in [0.25, 0.3) is 10.9 Å². The molecule has 1 aliphatic heterocycles. The van der Waals surface area contributed by atoms with Gasteiger partial charge in [0.25, 0.3) is 0 Å². The number of rotatable bonds is 0. The van der Waals surface area contributed by atoms with Gasteiger partial charge >= 0.3 is 6.18 Å². The van der Waals surface area contributed by atoms with Gasteiger partial charge in [0, 0.05) is 11.5 Å². The molecule has 2 N–H and O–H groups in total. The van der Waals surface area contributed by atoms with Gasteiger partial charge in [-0.25, -0.2) is 0 Å². The average Bonchev–Trinajstić information content (AvgIpc) is 2.34. The summed E-state index contributed by atoms with van der Waals surface area (Å²) >= 11 is 0. The molecule has 0 saturated heterocycles. The van der Waals surface area contributed by atoms with Crippen molar-refractivity contribution in [1.29, 1.82) is 0 Å². The first-order valence-electron chi connectivity index (χ1n) is 6.03. The maximum Gasteiger partial charge on any atom is 0.417 e. The molecular formula is C13H11F3N2O2. The number of fused-ring (bicyclic) bond motifs is 2. The number of ether oxygens (including phenoxy) is 1. The summed E-state index contributed by atoms with van der Waals surface area (Å²) in [6.45, 7) is 2.37. The van der Waals surface area contributed by atoms with Crippen LogP contribution in [-0.4, -0.2) is 17.6 Å². The summed E-state index contributed by atoms with van der Waals surface area (Å²) < 4.78 is 44.5. The normalized spacial score (nSPS) is 18.3. The van der Waals surface area contributed by atoms with Crippen LogP contribution >= 0.6 is 0 Å². The quantitative estimate of drug-likeness (QED) is 0.782. The highest BCUT2D eigenvalue weighted by Gasteiger charge is 2.34. The molecule has 2 aromatic rings. The number of aromatic amines is 1. The first-order chi connectivity index (χ1) is 9.34. The van der Waals surface area contributed by atoms with E-state index in [1.807, 2.05) is 6.92 Å². The van der Waals surface area contributed by atoms with Gasteiger partial charge in [-0.05, 0) is 19.1 Å². The van der Waals surface area contributed by atoms with Crippen molar-refractivity contribution in [3.8, 4) is 5.75 Å². The standard InChI is InChI=1S/C13H11F3N2O2/c1-6-5-17-10-4-9-7(2-11(10)20-6)8(13(14,15)16)3-12(19)18-9/h2-4,6,17H,5H2,1H3,(H,18,19). The first-order valence-corrected chi connectivity index (χ1v) is 6.03. The molecule has 1 unspecified atom stereocenters. The van der Waals surface area contributed by atoms with Crippen LogP contribution in [0.1, 0.15) is 12.5 Å². The van der Waals surface area contributed by atoms with Crippen LogP contribution < -0.4 is 15.6 Å². The summed E-state index contributed by atoms with van der Waals surface area (Å²) in [6, 6.07) is 3.34. The fraction of sp³-hybridized carbons (Fsp3) is 0.308. The molecule has 0 amide bonds. The third-order valence-corrected chi connectivity index (χ3v) is 3.16. The van der Waals surface area contributed by atoms with Gasteiger partial charge < -0.3 is 15.0 Å². The van der Waals surface area contributed by atoms with E-state index in [-0.39, 0.29) is 17.0 Å². The zero-order valence-corrected chi connectivity index (χ0v) is 10.5. The fourth-order valence-corrected chi connectivity index (χ4v) is 2.27. The molecule has 1 aliphatic rings. The minimum Gasteiger partial charge on any atom is -0.487 e. The van der Waals surface area contributed by atoms with E-state index in [0.717, 1.165) is 0 Å². The van der Waals surface area contributed by atoms with Crippen LogP contribution in [0.15, 0.2) is 23.0 Å². The molecule has 0 saturated carbocycles. The van der Waals surface area contributed by atoms with Gasteiger partial charge in [-0.15, -0.1) is 0 Å². The second-order valence-corrected chi connectivity index (χ2v) is 4.75. The van der Waals surface area contributed by atoms with Gasteiger partial charge in [-0.1, -0.05) is 0 Å². The zero-order chi connectivity index (χ0) is 14.5. The molecule has 4 nitrogen and oxygen atoms in total. The summed E-state index contributed by atoms with van der Waals surface area (Å²) in [7, 11) is 0. The second-order valence-electron chi connectivity index (χ2n) is 4.75. The van der Waals surface area contributed by atoms with Gasteiger partial charge in [-0.3, -0.25) is 4.79 Å². The summed E-state index contributed by atoms with van der Waals surface area (Å²) in [5.41, 5.74) is -1.03. The van der Waals surface area contributed by atoms with Gasteiger partial charge in [0.1, 0.15) is 11.9 Å². The predicted octanol–water partition coefficient (Wildman–Crippen LogP) is 2.74. The van der Waals surface area contributed by atoms with E-state index < -0.39 is 17.3 Å². The summed E-state index contributed by atoms with van der Waals surface area (Å²) in [6.07, 6.45) is -4.72. The summed E-state index contributed by atoms with van der Waals surface area (Å²) in [5.74, 6) is 0.355. The molecule has 0 bridgehead atoms. The van der Waals surface area contributed by atoms with Crippen molar-refractivity contribution in [1.82, 2.24) is 4.98 Å². The Kier molecular flexibility index (Phi) is 2.67. The zero-order valence-electron chi connectivity index (χ0n) is 10.5. The molecule has 1 aromatic heterocycles. The van der Waals surface area contributed by atoms with E-state index >= 15 is 0 Å². The topological polar surface area (TPSA) is 54.1 Å². The number of nitrogens with one attached hydrogen (secondary N) is 2. The lowest BCUT2D eigenvalue weighted by molar-refractivity contribution is -0.136. The molecular weight excluding hydrogens is 273 g/mol. The largest absolute Gasteiger partial charge is 0.487 e. The van der Waals surface area contributed by atoms with Crippen LogP contribution in [0.2, 0.25) is 0 Å². The van der Waals surface area contributed by atoms with E-state index in [1.54, 1.807) is 0 Å².